The summed E-state index contributed by atoms with van der Waals surface area (Å²) in [5.74, 6) is 0. The van der Waals surface area contributed by atoms with Crippen LogP contribution in [0.1, 0.15) is 111 Å². The van der Waals surface area contributed by atoms with Crippen molar-refractivity contribution in [2.45, 2.75) is 111 Å². The van der Waals surface area contributed by atoms with Crippen molar-refractivity contribution in [3.05, 3.63) is 12.2 Å². The first-order valence-electron chi connectivity index (χ1n) is 11.8. The second-order valence-corrected chi connectivity index (χ2v) is 10.9. The van der Waals surface area contributed by atoms with E-state index in [1.165, 1.54) is 83.5 Å². The second-order valence-electron chi connectivity index (χ2n) is 9.05. The van der Waals surface area contributed by atoms with Gasteiger partial charge in [-0.15, -0.1) is 0 Å². The molecule has 1 aliphatic rings. The van der Waals surface area contributed by atoms with Crippen LogP contribution in [0.5, 0.6) is 0 Å². The van der Waals surface area contributed by atoms with Gasteiger partial charge in [0.2, 0.25) is 0 Å². The molecule has 0 spiro atoms. The van der Waals surface area contributed by atoms with Crippen LogP contribution in [0, 0.1) is 5.41 Å². The molecule has 1 rings (SSSR count). The highest BCUT2D eigenvalue weighted by Crippen LogP contribution is 2.49. The maximum atomic E-state index is 12.3. The van der Waals surface area contributed by atoms with Crippen molar-refractivity contribution >= 4 is 7.75 Å². The van der Waals surface area contributed by atoms with Crippen LogP contribution in [0.3, 0.4) is 0 Å². The first-order valence-corrected chi connectivity index (χ1v) is 13.3. The fourth-order valence-electron chi connectivity index (χ4n) is 3.28. The molecule has 1 saturated heterocycles. The van der Waals surface area contributed by atoms with Gasteiger partial charge in [0.15, 0.2) is 0 Å². The Morgan fingerprint density at radius 2 is 1.25 bits per heavy atom. The predicted octanol–water partition coefficient (Wildman–Crippen LogP) is 7.79. The van der Waals surface area contributed by atoms with E-state index in [0.717, 1.165) is 6.42 Å². The van der Waals surface area contributed by atoms with Gasteiger partial charge in [-0.3, -0.25) is 9.05 Å². The monoisotopic (exact) mass is 415 g/mol. The van der Waals surface area contributed by atoms with E-state index in [2.05, 4.69) is 38.0 Å². The molecule has 28 heavy (non-hydrogen) atoms. The summed E-state index contributed by atoms with van der Waals surface area (Å²) in [4.78, 5) is 0. The molecule has 0 aromatic carbocycles. The lowest BCUT2D eigenvalue weighted by Gasteiger charge is -2.33. The highest BCUT2D eigenvalue weighted by atomic mass is 31.2. The number of hydrogen-bond acceptors (Lipinski definition) is 3. The summed E-state index contributed by atoms with van der Waals surface area (Å²) in [5.41, 5.74) is -0.0426. The zero-order valence-corrected chi connectivity index (χ0v) is 19.7. The Bertz CT molecular complexity index is 437. The summed E-state index contributed by atoms with van der Waals surface area (Å²) in [5, 5.41) is 2.99. The smallest absolute Gasteiger partial charge is 0.296 e. The average molecular weight is 416 g/mol. The third-order valence-corrected chi connectivity index (χ3v) is 6.79. The Labute approximate surface area is 174 Å². The van der Waals surface area contributed by atoms with Crippen LogP contribution in [-0.4, -0.2) is 19.8 Å². The third-order valence-electron chi connectivity index (χ3n) is 5.24. The molecule has 0 aromatic heterocycles. The normalized spacial score (nSPS) is 18.7. The Hall–Kier alpha value is -0.150. The molecule has 5 heteroatoms. The Kier molecular flexibility index (Phi) is 14.5. The molecule has 0 atom stereocenters. The van der Waals surface area contributed by atoms with Crippen molar-refractivity contribution in [1.82, 2.24) is 5.09 Å². The minimum absolute atomic E-state index is 0.0426. The van der Waals surface area contributed by atoms with Gasteiger partial charge in [-0.05, 0) is 32.1 Å². The zero-order valence-electron chi connectivity index (χ0n) is 18.8. The van der Waals surface area contributed by atoms with E-state index in [1.54, 1.807) is 0 Å². The Morgan fingerprint density at radius 1 is 0.786 bits per heavy atom. The molecule has 1 aliphatic heterocycles. The van der Waals surface area contributed by atoms with E-state index in [4.69, 9.17) is 9.05 Å². The van der Waals surface area contributed by atoms with Crippen LogP contribution in [0.15, 0.2) is 12.2 Å². The summed E-state index contributed by atoms with van der Waals surface area (Å²) < 4.78 is 23.2. The maximum Gasteiger partial charge on any atom is 0.405 e. The molecule has 1 fully saturated rings. The second kappa shape index (κ2) is 15.7. The number of hydrogen-bond donors (Lipinski definition) is 1. The molecule has 0 unspecified atom stereocenters. The van der Waals surface area contributed by atoms with Gasteiger partial charge >= 0.3 is 7.75 Å². The molecule has 0 bridgehead atoms. The highest BCUT2D eigenvalue weighted by molar-refractivity contribution is 7.51. The summed E-state index contributed by atoms with van der Waals surface area (Å²) in [6.45, 7) is 8.07. The minimum atomic E-state index is -3.04. The lowest BCUT2D eigenvalue weighted by atomic mass is 9.97. The van der Waals surface area contributed by atoms with Crippen molar-refractivity contribution in [2.24, 2.45) is 5.41 Å². The van der Waals surface area contributed by atoms with Gasteiger partial charge in [0.05, 0.1) is 13.2 Å². The zero-order chi connectivity index (χ0) is 20.6. The number of unbranched alkanes of at least 4 members (excludes halogenated alkanes) is 12. The van der Waals surface area contributed by atoms with E-state index in [9.17, 15) is 4.57 Å². The summed E-state index contributed by atoms with van der Waals surface area (Å²) in [7, 11) is -3.04. The van der Waals surface area contributed by atoms with E-state index in [0.29, 0.717) is 19.8 Å². The van der Waals surface area contributed by atoms with Crippen LogP contribution < -0.4 is 5.09 Å². The predicted molar refractivity (Wildman–Crippen MR) is 121 cm³/mol. The molecule has 1 heterocycles. The Balaban J connectivity index is 1.82. The van der Waals surface area contributed by atoms with Gasteiger partial charge in [0, 0.05) is 12.0 Å². The molecule has 0 aliphatic carbocycles. The van der Waals surface area contributed by atoms with E-state index in [1.807, 2.05) is 0 Å². The number of nitrogens with one attached hydrogen (secondary N) is 1. The Morgan fingerprint density at radius 3 is 1.79 bits per heavy atom. The van der Waals surface area contributed by atoms with Gasteiger partial charge in [0.1, 0.15) is 0 Å². The lowest BCUT2D eigenvalue weighted by Crippen LogP contribution is -2.33. The molecule has 4 nitrogen and oxygen atoms in total. The van der Waals surface area contributed by atoms with Gasteiger partial charge in [-0.25, -0.2) is 9.65 Å². The molecular weight excluding hydrogens is 369 g/mol. The molecule has 0 amide bonds. The van der Waals surface area contributed by atoms with E-state index in [-0.39, 0.29) is 5.41 Å². The van der Waals surface area contributed by atoms with Gasteiger partial charge < -0.3 is 0 Å². The van der Waals surface area contributed by atoms with Crippen molar-refractivity contribution in [1.29, 1.82) is 0 Å². The van der Waals surface area contributed by atoms with Crippen molar-refractivity contribution < 1.29 is 13.6 Å². The highest BCUT2D eigenvalue weighted by Gasteiger charge is 2.36. The number of rotatable bonds is 17. The third kappa shape index (κ3) is 13.9. The van der Waals surface area contributed by atoms with Gasteiger partial charge in [-0.1, -0.05) is 90.7 Å². The average Bonchev–Trinajstić information content (AvgIpc) is 2.67. The van der Waals surface area contributed by atoms with E-state index < -0.39 is 7.75 Å². The van der Waals surface area contributed by atoms with Crippen LogP contribution in [0.25, 0.3) is 0 Å². The largest absolute Gasteiger partial charge is 0.405 e. The summed E-state index contributed by atoms with van der Waals surface area (Å²) in [6.07, 6.45) is 22.9. The van der Waals surface area contributed by atoms with E-state index >= 15 is 0 Å². The van der Waals surface area contributed by atoms with Crippen LogP contribution in [-0.2, 0) is 13.6 Å². The van der Waals surface area contributed by atoms with Crippen LogP contribution >= 0.6 is 7.75 Å². The van der Waals surface area contributed by atoms with Crippen LogP contribution in [0.4, 0.5) is 0 Å². The molecule has 166 valence electrons. The maximum absolute atomic E-state index is 12.3. The fourth-order valence-corrected chi connectivity index (χ4v) is 5.01. The lowest BCUT2D eigenvalue weighted by molar-refractivity contribution is 0.0372. The molecule has 0 saturated carbocycles. The first kappa shape index (κ1) is 25.9. The topological polar surface area (TPSA) is 47.6 Å². The van der Waals surface area contributed by atoms with Crippen LogP contribution in [0.2, 0.25) is 0 Å². The summed E-state index contributed by atoms with van der Waals surface area (Å²) in [6, 6.07) is 0. The minimum Gasteiger partial charge on any atom is -0.296 e. The summed E-state index contributed by atoms with van der Waals surface area (Å²) >= 11 is 0. The number of allylic oxidation sites excluding steroid dienone is 2. The van der Waals surface area contributed by atoms with Crippen molar-refractivity contribution in [3.8, 4) is 0 Å². The fraction of sp³-hybridized carbons (Fsp3) is 0.913. The molecule has 0 aromatic rings. The van der Waals surface area contributed by atoms with Crippen molar-refractivity contribution in [2.75, 3.05) is 19.8 Å². The first-order chi connectivity index (χ1) is 13.5. The quantitative estimate of drug-likeness (QED) is 0.150. The van der Waals surface area contributed by atoms with Gasteiger partial charge in [-0.2, -0.15) is 0 Å². The van der Waals surface area contributed by atoms with Crippen molar-refractivity contribution in [3.63, 3.8) is 0 Å². The molecule has 0 radical (unpaired) electrons. The molecule has 1 N–H and O–H groups in total. The standard InChI is InChI=1S/C23H46NO3P/c1-4-5-6-7-8-9-10-11-12-13-14-15-16-17-18-19-20-24-28(25)26-21-23(2,3)22-27-28/h11-12H,4-10,13-22H2,1-3H3,(H,24,25). The van der Waals surface area contributed by atoms with Gasteiger partial charge in [0.25, 0.3) is 0 Å². The molecular formula is C23H46NO3P. The SMILES string of the molecule is CCCCCCCCC=CCCCCCCCCNP1(=O)OCC(C)(C)CO1.